The maximum absolute atomic E-state index is 15.4. The standard InChI is InChI=1S/C27H24Cl2FN5O4/c1-14(13-37-2)34-23-21(32-24(34)17-12-31-27(39-4)33-25(17)38-3)26(36)35(19-7-5-6-18(29)20(19)30)22(23)15-8-10-16(28)11-9-15/h5-12,14,22H,13H2,1-4H3/t14-,22?/m1/s1. The molecule has 2 aromatic carbocycles. The van der Waals surface area contributed by atoms with Crippen molar-refractivity contribution < 1.29 is 23.4 Å². The summed E-state index contributed by atoms with van der Waals surface area (Å²) in [7, 11) is 4.50. The Balaban J connectivity index is 1.81. The molecule has 5 rings (SSSR count). The number of carbonyl (C=O) groups excluding carboxylic acids is 1. The van der Waals surface area contributed by atoms with Crippen molar-refractivity contribution in [2.24, 2.45) is 0 Å². The van der Waals surface area contributed by atoms with Crippen LogP contribution in [0.25, 0.3) is 11.4 Å². The third-order valence-electron chi connectivity index (χ3n) is 6.46. The minimum Gasteiger partial charge on any atom is -0.480 e. The molecule has 202 valence electrons. The molecular weight excluding hydrogens is 548 g/mol. The van der Waals surface area contributed by atoms with Crippen LogP contribution < -0.4 is 14.4 Å². The zero-order valence-electron chi connectivity index (χ0n) is 21.5. The average molecular weight is 572 g/mol. The van der Waals surface area contributed by atoms with E-state index in [4.69, 9.17) is 42.4 Å². The molecule has 1 amide bonds. The van der Waals surface area contributed by atoms with Crippen LogP contribution in [0.4, 0.5) is 10.1 Å². The van der Waals surface area contributed by atoms with E-state index in [9.17, 15) is 4.79 Å². The number of ether oxygens (including phenoxy) is 3. The minimum atomic E-state index is -0.761. The topological polar surface area (TPSA) is 91.6 Å². The predicted octanol–water partition coefficient (Wildman–Crippen LogP) is 5.76. The van der Waals surface area contributed by atoms with Crippen LogP contribution in [-0.4, -0.2) is 53.4 Å². The van der Waals surface area contributed by atoms with Crippen LogP contribution in [0.5, 0.6) is 11.9 Å². The van der Waals surface area contributed by atoms with E-state index in [-0.39, 0.29) is 34.3 Å². The molecule has 12 heteroatoms. The SMILES string of the molecule is COC[C@@H](C)n1c(-c2cnc(OC)nc2OC)nc2c1C(c1ccc(Cl)cc1)N(c1cccc(Cl)c1F)C2=O. The molecule has 1 aliphatic heterocycles. The van der Waals surface area contributed by atoms with Gasteiger partial charge in [0, 0.05) is 18.3 Å². The smallest absolute Gasteiger partial charge is 0.319 e. The van der Waals surface area contributed by atoms with E-state index in [1.54, 1.807) is 37.4 Å². The molecule has 0 saturated carbocycles. The number of hydrogen-bond donors (Lipinski definition) is 0. The lowest BCUT2D eigenvalue weighted by atomic mass is 10.0. The molecule has 0 N–H and O–H groups in total. The summed E-state index contributed by atoms with van der Waals surface area (Å²) in [4.78, 5) is 28.7. The molecule has 2 atom stereocenters. The van der Waals surface area contributed by atoms with Crippen molar-refractivity contribution in [3.63, 3.8) is 0 Å². The Kier molecular flexibility index (Phi) is 7.44. The number of methoxy groups -OCH3 is 3. The van der Waals surface area contributed by atoms with Gasteiger partial charge in [0.05, 0.1) is 48.8 Å². The summed E-state index contributed by atoms with van der Waals surface area (Å²) in [5.74, 6) is -0.602. The van der Waals surface area contributed by atoms with E-state index in [1.165, 1.54) is 37.4 Å². The molecule has 39 heavy (non-hydrogen) atoms. The van der Waals surface area contributed by atoms with E-state index in [0.29, 0.717) is 34.3 Å². The molecule has 2 aromatic heterocycles. The predicted molar refractivity (Wildman–Crippen MR) is 144 cm³/mol. The Morgan fingerprint density at radius 1 is 1.05 bits per heavy atom. The first-order valence-electron chi connectivity index (χ1n) is 11.9. The highest BCUT2D eigenvalue weighted by atomic mass is 35.5. The van der Waals surface area contributed by atoms with Crippen molar-refractivity contribution in [3.8, 4) is 23.3 Å². The molecule has 1 aliphatic rings. The largest absolute Gasteiger partial charge is 0.480 e. The molecular formula is C27H24Cl2FN5O4. The highest BCUT2D eigenvalue weighted by Crippen LogP contribution is 2.46. The normalized spacial score (nSPS) is 15.4. The first-order chi connectivity index (χ1) is 18.8. The summed E-state index contributed by atoms with van der Waals surface area (Å²) in [5, 5.41) is 0.418. The number of fused-ring (bicyclic) bond motifs is 1. The summed E-state index contributed by atoms with van der Waals surface area (Å²) in [6.45, 7) is 2.22. The van der Waals surface area contributed by atoms with Gasteiger partial charge in [-0.1, -0.05) is 41.4 Å². The van der Waals surface area contributed by atoms with Crippen molar-refractivity contribution >= 4 is 34.8 Å². The van der Waals surface area contributed by atoms with Crippen LogP contribution in [0.15, 0.2) is 48.7 Å². The van der Waals surface area contributed by atoms with Crippen LogP contribution in [0.3, 0.4) is 0 Å². The highest BCUT2D eigenvalue weighted by molar-refractivity contribution is 6.31. The van der Waals surface area contributed by atoms with Gasteiger partial charge in [-0.25, -0.2) is 14.4 Å². The second-order valence-electron chi connectivity index (χ2n) is 8.83. The maximum Gasteiger partial charge on any atom is 0.319 e. The Labute approximate surface area is 234 Å². The third-order valence-corrected chi connectivity index (χ3v) is 7.00. The summed E-state index contributed by atoms with van der Waals surface area (Å²) < 4.78 is 33.4. The van der Waals surface area contributed by atoms with Gasteiger partial charge in [0.2, 0.25) is 5.88 Å². The van der Waals surface area contributed by atoms with E-state index >= 15 is 4.39 Å². The number of anilines is 1. The zero-order chi connectivity index (χ0) is 27.8. The number of hydrogen-bond acceptors (Lipinski definition) is 7. The van der Waals surface area contributed by atoms with Crippen LogP contribution >= 0.6 is 23.2 Å². The molecule has 0 aliphatic carbocycles. The number of nitrogens with zero attached hydrogens (tertiary/aromatic N) is 5. The Bertz CT molecular complexity index is 1550. The van der Waals surface area contributed by atoms with Crippen LogP contribution in [-0.2, 0) is 4.74 Å². The average Bonchev–Trinajstić information content (AvgIpc) is 3.45. The molecule has 0 saturated heterocycles. The summed E-state index contributed by atoms with van der Waals surface area (Å²) >= 11 is 12.3. The lowest BCUT2D eigenvalue weighted by Crippen LogP contribution is -2.31. The number of imidazole rings is 1. The third kappa shape index (κ3) is 4.58. The van der Waals surface area contributed by atoms with Gasteiger partial charge < -0.3 is 18.8 Å². The second kappa shape index (κ2) is 10.8. The van der Waals surface area contributed by atoms with Crippen molar-refractivity contribution in [2.45, 2.75) is 19.0 Å². The van der Waals surface area contributed by atoms with Crippen LogP contribution in [0.2, 0.25) is 10.0 Å². The molecule has 9 nitrogen and oxygen atoms in total. The number of halogens is 3. The van der Waals surface area contributed by atoms with Gasteiger partial charge in [-0.05, 0) is 36.8 Å². The molecule has 0 spiro atoms. The van der Waals surface area contributed by atoms with Crippen molar-refractivity contribution in [2.75, 3.05) is 32.8 Å². The van der Waals surface area contributed by atoms with Crippen molar-refractivity contribution in [1.82, 2.24) is 19.5 Å². The van der Waals surface area contributed by atoms with Gasteiger partial charge in [0.15, 0.2) is 11.5 Å². The Hall–Kier alpha value is -3.73. The van der Waals surface area contributed by atoms with E-state index in [0.717, 1.165) is 0 Å². The van der Waals surface area contributed by atoms with Gasteiger partial charge in [0.1, 0.15) is 11.9 Å². The zero-order valence-corrected chi connectivity index (χ0v) is 23.0. The quantitative estimate of drug-likeness (QED) is 0.265. The Morgan fingerprint density at radius 2 is 1.79 bits per heavy atom. The first kappa shape index (κ1) is 26.9. The lowest BCUT2D eigenvalue weighted by molar-refractivity contribution is 0.0988. The summed E-state index contributed by atoms with van der Waals surface area (Å²) in [6.07, 6.45) is 1.52. The molecule has 0 radical (unpaired) electrons. The molecule has 0 bridgehead atoms. The number of carbonyl (C=O) groups is 1. The lowest BCUT2D eigenvalue weighted by Gasteiger charge is -2.29. The summed E-state index contributed by atoms with van der Waals surface area (Å²) in [6, 6.07) is 10.6. The van der Waals surface area contributed by atoms with E-state index in [1.807, 2.05) is 11.5 Å². The molecule has 3 heterocycles. The van der Waals surface area contributed by atoms with Crippen molar-refractivity contribution in [1.29, 1.82) is 0 Å². The minimum absolute atomic E-state index is 0.0308. The van der Waals surface area contributed by atoms with E-state index < -0.39 is 17.8 Å². The monoisotopic (exact) mass is 571 g/mol. The number of aromatic nitrogens is 4. The highest BCUT2D eigenvalue weighted by Gasteiger charge is 2.46. The second-order valence-corrected chi connectivity index (χ2v) is 9.67. The molecule has 1 unspecified atom stereocenters. The summed E-state index contributed by atoms with van der Waals surface area (Å²) in [5.41, 5.74) is 1.85. The van der Waals surface area contributed by atoms with Gasteiger partial charge in [-0.15, -0.1) is 0 Å². The first-order valence-corrected chi connectivity index (χ1v) is 12.7. The fourth-order valence-electron chi connectivity index (χ4n) is 4.81. The van der Waals surface area contributed by atoms with Gasteiger partial charge in [-0.2, -0.15) is 4.98 Å². The Morgan fingerprint density at radius 3 is 2.46 bits per heavy atom. The number of benzene rings is 2. The molecule has 4 aromatic rings. The van der Waals surface area contributed by atoms with Crippen molar-refractivity contribution in [3.05, 3.63) is 81.5 Å². The maximum atomic E-state index is 15.4. The number of rotatable bonds is 8. The number of amides is 1. The van der Waals surface area contributed by atoms with Gasteiger partial charge in [-0.3, -0.25) is 9.69 Å². The van der Waals surface area contributed by atoms with Gasteiger partial charge in [0.25, 0.3) is 5.91 Å². The van der Waals surface area contributed by atoms with Gasteiger partial charge >= 0.3 is 6.01 Å². The van der Waals surface area contributed by atoms with Crippen LogP contribution in [0, 0.1) is 5.82 Å². The van der Waals surface area contributed by atoms with Crippen LogP contribution in [0.1, 0.15) is 40.8 Å². The van der Waals surface area contributed by atoms with E-state index in [2.05, 4.69) is 9.97 Å². The fraction of sp³-hybridized carbons (Fsp3) is 0.259. The molecule has 0 fully saturated rings. The fourth-order valence-corrected chi connectivity index (χ4v) is 5.10.